The summed E-state index contributed by atoms with van der Waals surface area (Å²) in [5.74, 6) is 0.159. The van der Waals surface area contributed by atoms with E-state index in [2.05, 4.69) is 10.0 Å². The SMILES string of the molecule is Cc1cscc1CNS(=O)(=O)CCNC1CC1. The first-order valence-electron chi connectivity index (χ1n) is 5.79. The van der Waals surface area contributed by atoms with Gasteiger partial charge in [0.2, 0.25) is 10.0 Å². The van der Waals surface area contributed by atoms with Gasteiger partial charge in [-0.2, -0.15) is 11.3 Å². The van der Waals surface area contributed by atoms with Gasteiger partial charge in [-0.05, 0) is 41.7 Å². The number of nitrogens with one attached hydrogen (secondary N) is 2. The van der Waals surface area contributed by atoms with E-state index in [-0.39, 0.29) is 5.75 Å². The van der Waals surface area contributed by atoms with E-state index in [1.54, 1.807) is 11.3 Å². The normalized spacial score (nSPS) is 16.3. The van der Waals surface area contributed by atoms with E-state index in [1.807, 2.05) is 17.7 Å². The van der Waals surface area contributed by atoms with Crippen LogP contribution in [-0.4, -0.2) is 26.8 Å². The van der Waals surface area contributed by atoms with Gasteiger partial charge in [0, 0.05) is 19.1 Å². The number of thiophene rings is 1. The third kappa shape index (κ3) is 4.39. The van der Waals surface area contributed by atoms with E-state index in [9.17, 15) is 8.42 Å². The van der Waals surface area contributed by atoms with Crippen LogP contribution in [0.15, 0.2) is 10.8 Å². The van der Waals surface area contributed by atoms with Crippen molar-refractivity contribution in [2.24, 2.45) is 0 Å². The van der Waals surface area contributed by atoms with Crippen molar-refractivity contribution in [3.05, 3.63) is 21.9 Å². The molecule has 0 atom stereocenters. The van der Waals surface area contributed by atoms with Crippen LogP contribution in [0.1, 0.15) is 24.0 Å². The van der Waals surface area contributed by atoms with Crippen LogP contribution in [0.2, 0.25) is 0 Å². The fraction of sp³-hybridized carbons (Fsp3) is 0.636. The van der Waals surface area contributed by atoms with Crippen LogP contribution in [0.4, 0.5) is 0 Å². The van der Waals surface area contributed by atoms with Crippen LogP contribution < -0.4 is 10.0 Å². The van der Waals surface area contributed by atoms with Crippen LogP contribution in [0.3, 0.4) is 0 Å². The maximum Gasteiger partial charge on any atom is 0.213 e. The summed E-state index contributed by atoms with van der Waals surface area (Å²) in [5, 5.41) is 7.21. The summed E-state index contributed by atoms with van der Waals surface area (Å²) in [6.45, 7) is 2.94. The Hall–Kier alpha value is -0.430. The Morgan fingerprint density at radius 2 is 2.18 bits per heavy atom. The van der Waals surface area contributed by atoms with Gasteiger partial charge in [-0.3, -0.25) is 0 Å². The largest absolute Gasteiger partial charge is 0.313 e. The minimum Gasteiger partial charge on any atom is -0.313 e. The molecule has 0 aromatic carbocycles. The fourth-order valence-electron chi connectivity index (χ4n) is 1.51. The van der Waals surface area contributed by atoms with Crippen molar-refractivity contribution in [1.29, 1.82) is 0 Å². The van der Waals surface area contributed by atoms with Crippen molar-refractivity contribution in [3.8, 4) is 0 Å². The van der Waals surface area contributed by atoms with Crippen LogP contribution >= 0.6 is 11.3 Å². The second kappa shape index (κ2) is 5.48. The van der Waals surface area contributed by atoms with E-state index in [0.29, 0.717) is 19.1 Å². The Morgan fingerprint density at radius 1 is 1.41 bits per heavy atom. The van der Waals surface area contributed by atoms with Crippen molar-refractivity contribution in [3.63, 3.8) is 0 Å². The van der Waals surface area contributed by atoms with Crippen molar-refractivity contribution in [2.75, 3.05) is 12.3 Å². The Bertz CT molecular complexity index is 464. The Kier molecular flexibility index (Phi) is 4.19. The maximum absolute atomic E-state index is 11.7. The zero-order valence-electron chi connectivity index (χ0n) is 9.90. The second-order valence-corrected chi connectivity index (χ2v) is 7.12. The summed E-state index contributed by atoms with van der Waals surface area (Å²) in [5.41, 5.74) is 2.21. The molecule has 96 valence electrons. The highest BCUT2D eigenvalue weighted by atomic mass is 32.2. The third-order valence-electron chi connectivity index (χ3n) is 2.83. The van der Waals surface area contributed by atoms with Gasteiger partial charge in [-0.1, -0.05) is 0 Å². The van der Waals surface area contributed by atoms with Crippen LogP contribution in [0, 0.1) is 6.92 Å². The first-order valence-corrected chi connectivity index (χ1v) is 8.39. The molecule has 0 saturated heterocycles. The van der Waals surface area contributed by atoms with Gasteiger partial charge in [-0.25, -0.2) is 13.1 Å². The molecular weight excluding hydrogens is 256 g/mol. The zero-order valence-corrected chi connectivity index (χ0v) is 11.5. The van der Waals surface area contributed by atoms with Gasteiger partial charge in [0.05, 0.1) is 5.75 Å². The van der Waals surface area contributed by atoms with Gasteiger partial charge >= 0.3 is 0 Å². The second-order valence-electron chi connectivity index (χ2n) is 4.45. The Balaban J connectivity index is 1.74. The average Bonchev–Trinajstić information content (AvgIpc) is 2.98. The number of hydrogen-bond acceptors (Lipinski definition) is 4. The van der Waals surface area contributed by atoms with Crippen molar-refractivity contribution < 1.29 is 8.42 Å². The van der Waals surface area contributed by atoms with E-state index in [0.717, 1.165) is 11.1 Å². The molecular formula is C11H18N2O2S2. The lowest BCUT2D eigenvalue weighted by atomic mass is 10.2. The summed E-state index contributed by atoms with van der Waals surface area (Å²) >= 11 is 1.60. The van der Waals surface area contributed by atoms with E-state index in [4.69, 9.17) is 0 Å². The molecule has 0 amide bonds. The lowest BCUT2D eigenvalue weighted by Gasteiger charge is -2.07. The lowest BCUT2D eigenvalue weighted by molar-refractivity contribution is 0.576. The first kappa shape index (κ1) is 13.0. The van der Waals surface area contributed by atoms with E-state index in [1.165, 1.54) is 12.8 Å². The molecule has 2 N–H and O–H groups in total. The topological polar surface area (TPSA) is 58.2 Å². The molecule has 6 heteroatoms. The van der Waals surface area contributed by atoms with Crippen LogP contribution in [-0.2, 0) is 16.6 Å². The molecule has 1 aromatic rings. The first-order chi connectivity index (χ1) is 8.07. The Labute approximate surface area is 106 Å². The molecule has 1 aliphatic rings. The van der Waals surface area contributed by atoms with Gasteiger partial charge in [0.25, 0.3) is 0 Å². The van der Waals surface area contributed by atoms with Crippen molar-refractivity contribution in [1.82, 2.24) is 10.0 Å². The summed E-state index contributed by atoms with van der Waals surface area (Å²) in [6, 6.07) is 0.560. The van der Waals surface area contributed by atoms with Crippen LogP contribution in [0.5, 0.6) is 0 Å². The highest BCUT2D eigenvalue weighted by molar-refractivity contribution is 7.89. The monoisotopic (exact) mass is 274 g/mol. The summed E-state index contributed by atoms with van der Waals surface area (Å²) < 4.78 is 26.0. The summed E-state index contributed by atoms with van der Waals surface area (Å²) in [7, 11) is -3.15. The van der Waals surface area contributed by atoms with E-state index < -0.39 is 10.0 Å². The lowest BCUT2D eigenvalue weighted by Crippen LogP contribution is -2.32. The quantitative estimate of drug-likeness (QED) is 0.786. The maximum atomic E-state index is 11.7. The van der Waals surface area contributed by atoms with E-state index >= 15 is 0 Å². The number of hydrogen-bond donors (Lipinski definition) is 2. The molecule has 1 heterocycles. The number of aryl methyl sites for hydroxylation is 1. The highest BCUT2D eigenvalue weighted by Gasteiger charge is 2.21. The molecule has 0 spiro atoms. The molecule has 1 aromatic heterocycles. The third-order valence-corrected chi connectivity index (χ3v) is 5.06. The van der Waals surface area contributed by atoms with Gasteiger partial charge in [0.15, 0.2) is 0 Å². The molecule has 0 bridgehead atoms. The van der Waals surface area contributed by atoms with Gasteiger partial charge in [0.1, 0.15) is 0 Å². The average molecular weight is 274 g/mol. The summed E-state index contributed by atoms with van der Waals surface area (Å²) in [6.07, 6.45) is 2.36. The molecule has 0 radical (unpaired) electrons. The summed E-state index contributed by atoms with van der Waals surface area (Å²) in [4.78, 5) is 0. The minimum absolute atomic E-state index is 0.159. The van der Waals surface area contributed by atoms with Crippen molar-refractivity contribution >= 4 is 21.4 Å². The fourth-order valence-corrected chi connectivity index (χ4v) is 3.28. The predicted octanol–water partition coefficient (Wildman–Crippen LogP) is 1.23. The Morgan fingerprint density at radius 3 is 2.76 bits per heavy atom. The van der Waals surface area contributed by atoms with Crippen molar-refractivity contribution in [2.45, 2.75) is 32.4 Å². The number of sulfonamides is 1. The highest BCUT2D eigenvalue weighted by Crippen LogP contribution is 2.18. The number of rotatable bonds is 7. The molecule has 17 heavy (non-hydrogen) atoms. The van der Waals surface area contributed by atoms with Gasteiger partial charge in [-0.15, -0.1) is 0 Å². The molecule has 0 aliphatic heterocycles. The minimum atomic E-state index is -3.15. The molecule has 2 rings (SSSR count). The molecule has 1 saturated carbocycles. The molecule has 1 fully saturated rings. The molecule has 4 nitrogen and oxygen atoms in total. The predicted molar refractivity (Wildman–Crippen MR) is 70.7 cm³/mol. The molecule has 0 unspecified atom stereocenters. The van der Waals surface area contributed by atoms with Crippen LogP contribution in [0.25, 0.3) is 0 Å². The molecule has 1 aliphatic carbocycles. The van der Waals surface area contributed by atoms with Gasteiger partial charge < -0.3 is 5.32 Å². The zero-order chi connectivity index (χ0) is 12.3. The smallest absolute Gasteiger partial charge is 0.213 e. The standard InChI is InChI=1S/C11H18N2O2S2/c1-9-7-16-8-10(9)6-13-17(14,15)5-4-12-11-2-3-11/h7-8,11-13H,2-6H2,1H3.